The van der Waals surface area contributed by atoms with Gasteiger partial charge in [-0.15, -0.1) is 11.3 Å². The molecule has 3 aromatic rings. The lowest BCUT2D eigenvalue weighted by Gasteiger charge is -2.08. The summed E-state index contributed by atoms with van der Waals surface area (Å²) in [6.07, 6.45) is 2.91. The highest BCUT2D eigenvalue weighted by Crippen LogP contribution is 2.30. The number of aromatic nitrogens is 2. The third-order valence-corrected chi connectivity index (χ3v) is 5.32. The predicted octanol–water partition coefficient (Wildman–Crippen LogP) is 5.32. The van der Waals surface area contributed by atoms with Gasteiger partial charge in [0.15, 0.2) is 5.78 Å². The summed E-state index contributed by atoms with van der Waals surface area (Å²) in [6.45, 7) is 0.586. The first kappa shape index (κ1) is 18.7. The summed E-state index contributed by atoms with van der Waals surface area (Å²) in [5.74, 6) is 0.597. The molecule has 0 saturated heterocycles. The summed E-state index contributed by atoms with van der Waals surface area (Å²) in [7, 11) is 1.64. The molecule has 0 saturated carbocycles. The lowest BCUT2D eigenvalue weighted by atomic mass is 10.1. The van der Waals surface area contributed by atoms with Crippen LogP contribution in [0.5, 0.6) is 0 Å². The first-order valence-electron chi connectivity index (χ1n) is 8.13. The number of benzene rings is 1. The van der Waals surface area contributed by atoms with Gasteiger partial charge in [-0.05, 0) is 52.7 Å². The van der Waals surface area contributed by atoms with Gasteiger partial charge in [-0.1, -0.05) is 12.1 Å². The predicted molar refractivity (Wildman–Crippen MR) is 108 cm³/mol. The molecule has 7 heteroatoms. The van der Waals surface area contributed by atoms with E-state index in [1.54, 1.807) is 24.6 Å². The zero-order chi connectivity index (χ0) is 18.4. The molecule has 1 aromatic carbocycles. The van der Waals surface area contributed by atoms with Crippen LogP contribution in [0.1, 0.15) is 23.2 Å². The van der Waals surface area contributed by atoms with Gasteiger partial charge >= 0.3 is 0 Å². The quantitative estimate of drug-likeness (QED) is 0.386. The minimum atomic E-state index is 0.101. The van der Waals surface area contributed by atoms with E-state index in [4.69, 9.17) is 4.74 Å². The largest absolute Gasteiger partial charge is 0.385 e. The molecule has 2 aromatic heterocycles. The van der Waals surface area contributed by atoms with Gasteiger partial charge in [0.05, 0.1) is 14.4 Å². The third-order valence-electron chi connectivity index (χ3n) is 3.67. The molecule has 1 N–H and O–H groups in total. The van der Waals surface area contributed by atoms with E-state index in [0.717, 1.165) is 20.0 Å². The minimum absolute atomic E-state index is 0.101. The van der Waals surface area contributed by atoms with E-state index in [1.165, 1.54) is 0 Å². The van der Waals surface area contributed by atoms with Crippen LogP contribution in [0.3, 0.4) is 0 Å². The average molecular weight is 432 g/mol. The van der Waals surface area contributed by atoms with Crippen LogP contribution in [0.25, 0.3) is 10.6 Å². The van der Waals surface area contributed by atoms with Gasteiger partial charge < -0.3 is 10.1 Å². The third kappa shape index (κ3) is 4.97. The van der Waals surface area contributed by atoms with Crippen molar-refractivity contribution in [1.82, 2.24) is 9.97 Å². The minimum Gasteiger partial charge on any atom is -0.385 e. The number of hydrogen-bond acceptors (Lipinski definition) is 6. The number of carbonyl (C=O) groups excluding carboxylic acids is 1. The lowest BCUT2D eigenvalue weighted by Crippen LogP contribution is -2.03. The molecule has 0 fully saturated rings. The van der Waals surface area contributed by atoms with E-state index in [0.29, 0.717) is 31.0 Å². The van der Waals surface area contributed by atoms with Crippen LogP contribution in [0.15, 0.2) is 52.4 Å². The molecule has 0 aliphatic heterocycles. The number of hydrogen-bond donors (Lipinski definition) is 1. The monoisotopic (exact) mass is 431 g/mol. The topological polar surface area (TPSA) is 64.1 Å². The molecule has 0 bridgehead atoms. The molecule has 3 rings (SSSR count). The molecule has 0 spiro atoms. The molecule has 0 aliphatic carbocycles. The van der Waals surface area contributed by atoms with Gasteiger partial charge in [0.1, 0.15) is 0 Å². The molecular weight excluding hydrogens is 414 g/mol. The van der Waals surface area contributed by atoms with Crippen LogP contribution in [0.2, 0.25) is 0 Å². The molecule has 0 unspecified atom stereocenters. The number of halogens is 1. The highest BCUT2D eigenvalue weighted by molar-refractivity contribution is 9.11. The summed E-state index contributed by atoms with van der Waals surface area (Å²) in [4.78, 5) is 22.1. The van der Waals surface area contributed by atoms with Gasteiger partial charge in [-0.25, -0.2) is 9.97 Å². The second kappa shape index (κ2) is 9.02. The SMILES string of the molecule is COCCCC(=O)c1cccc(Nc2nccc(-c3ccc(Br)s3)n2)c1. The molecule has 26 heavy (non-hydrogen) atoms. The van der Waals surface area contributed by atoms with Crippen molar-refractivity contribution in [2.45, 2.75) is 12.8 Å². The van der Waals surface area contributed by atoms with E-state index in [1.807, 2.05) is 42.5 Å². The second-order valence-corrected chi connectivity index (χ2v) is 8.06. The summed E-state index contributed by atoms with van der Waals surface area (Å²) < 4.78 is 6.05. The van der Waals surface area contributed by atoms with Crippen LogP contribution in [0, 0.1) is 0 Å². The number of rotatable bonds is 8. The van der Waals surface area contributed by atoms with Crippen molar-refractivity contribution < 1.29 is 9.53 Å². The van der Waals surface area contributed by atoms with Crippen molar-refractivity contribution in [3.05, 3.63) is 58.0 Å². The number of thiophene rings is 1. The van der Waals surface area contributed by atoms with Gasteiger partial charge in [0.25, 0.3) is 0 Å². The highest BCUT2D eigenvalue weighted by atomic mass is 79.9. The average Bonchev–Trinajstić information content (AvgIpc) is 3.09. The number of ketones is 1. The van der Waals surface area contributed by atoms with Crippen LogP contribution < -0.4 is 5.32 Å². The number of methoxy groups -OCH3 is 1. The number of anilines is 2. The van der Waals surface area contributed by atoms with Gasteiger partial charge in [-0.2, -0.15) is 0 Å². The maximum Gasteiger partial charge on any atom is 0.227 e. The Hall–Kier alpha value is -2.09. The zero-order valence-electron chi connectivity index (χ0n) is 14.2. The molecule has 134 valence electrons. The Labute approximate surface area is 164 Å². The molecule has 0 atom stereocenters. The standard InChI is InChI=1S/C19H18BrN3O2S/c1-25-11-3-6-16(24)13-4-2-5-14(12-13)22-19-21-10-9-15(23-19)17-7-8-18(20)26-17/h2,4-5,7-10,12H,3,6,11H2,1H3,(H,21,22,23). The summed E-state index contributed by atoms with van der Waals surface area (Å²) in [5, 5.41) is 3.18. The van der Waals surface area contributed by atoms with E-state index in [9.17, 15) is 4.79 Å². The fraction of sp³-hybridized carbons (Fsp3) is 0.211. The summed E-state index contributed by atoms with van der Waals surface area (Å²) >= 11 is 5.08. The van der Waals surface area contributed by atoms with Crippen LogP contribution >= 0.6 is 27.3 Å². The highest BCUT2D eigenvalue weighted by Gasteiger charge is 2.08. The normalized spacial score (nSPS) is 10.7. The maximum absolute atomic E-state index is 12.2. The van der Waals surface area contributed by atoms with Crippen molar-refractivity contribution in [3.63, 3.8) is 0 Å². The van der Waals surface area contributed by atoms with Crippen molar-refractivity contribution in [2.24, 2.45) is 0 Å². The van der Waals surface area contributed by atoms with E-state index >= 15 is 0 Å². The van der Waals surface area contributed by atoms with Gasteiger partial charge in [0, 0.05) is 37.6 Å². The lowest BCUT2D eigenvalue weighted by molar-refractivity contribution is 0.0963. The summed E-state index contributed by atoms with van der Waals surface area (Å²) in [6, 6.07) is 13.3. The fourth-order valence-electron chi connectivity index (χ4n) is 2.43. The first-order valence-corrected chi connectivity index (χ1v) is 9.74. The molecular formula is C19H18BrN3O2S. The number of nitrogens with zero attached hydrogens (tertiary/aromatic N) is 2. The maximum atomic E-state index is 12.2. The Morgan fingerprint density at radius 3 is 2.92 bits per heavy atom. The fourth-order valence-corrected chi connectivity index (χ4v) is 3.78. The molecule has 0 amide bonds. The molecule has 5 nitrogen and oxygen atoms in total. The Balaban J connectivity index is 1.73. The van der Waals surface area contributed by atoms with E-state index < -0.39 is 0 Å². The Kier molecular flexibility index (Phi) is 6.49. The number of carbonyl (C=O) groups is 1. The number of ether oxygens (including phenoxy) is 1. The van der Waals surface area contributed by atoms with Crippen molar-refractivity contribution >= 4 is 44.7 Å². The second-order valence-electron chi connectivity index (χ2n) is 5.59. The Morgan fingerprint density at radius 2 is 2.15 bits per heavy atom. The first-order chi connectivity index (χ1) is 12.7. The summed E-state index contributed by atoms with van der Waals surface area (Å²) in [5.41, 5.74) is 2.31. The van der Waals surface area contributed by atoms with Crippen molar-refractivity contribution in [3.8, 4) is 10.6 Å². The van der Waals surface area contributed by atoms with Crippen molar-refractivity contribution in [2.75, 3.05) is 19.0 Å². The smallest absolute Gasteiger partial charge is 0.227 e. The van der Waals surface area contributed by atoms with Crippen LogP contribution in [-0.4, -0.2) is 29.5 Å². The van der Waals surface area contributed by atoms with Gasteiger partial charge in [-0.3, -0.25) is 4.79 Å². The van der Waals surface area contributed by atoms with E-state index in [2.05, 4.69) is 31.2 Å². The molecule has 0 aliphatic rings. The van der Waals surface area contributed by atoms with E-state index in [-0.39, 0.29) is 5.78 Å². The molecule has 0 radical (unpaired) electrons. The van der Waals surface area contributed by atoms with Crippen LogP contribution in [-0.2, 0) is 4.74 Å². The number of nitrogens with one attached hydrogen (secondary N) is 1. The zero-order valence-corrected chi connectivity index (χ0v) is 16.6. The Morgan fingerprint density at radius 1 is 1.27 bits per heavy atom. The van der Waals surface area contributed by atoms with Crippen LogP contribution in [0.4, 0.5) is 11.6 Å². The van der Waals surface area contributed by atoms with Gasteiger partial charge in [0.2, 0.25) is 5.95 Å². The van der Waals surface area contributed by atoms with Crippen molar-refractivity contribution in [1.29, 1.82) is 0 Å². The molecule has 2 heterocycles. The Bertz CT molecular complexity index is 898. The number of Topliss-reactive ketones (excluding diaryl/α,β-unsaturated/α-hetero) is 1.